The van der Waals surface area contributed by atoms with Crippen molar-refractivity contribution in [2.24, 2.45) is 0 Å². The zero-order chi connectivity index (χ0) is 18.8. The molecule has 4 rings (SSSR count). The predicted octanol–water partition coefficient (Wildman–Crippen LogP) is 5.23. The normalized spacial score (nSPS) is 12.4. The number of thiazole rings is 1. The third kappa shape index (κ3) is 3.69. The molecule has 0 aliphatic heterocycles. The molecule has 0 fully saturated rings. The van der Waals surface area contributed by atoms with Crippen molar-refractivity contribution < 1.29 is 4.74 Å². The standard InChI is InChI=1S/C20H19ClN4OS/c1-13(12-26-2)24-20-23-10-18(27-20)14-9-16(15-5-3-4-6-17(15)21)19-22-7-8-25(19)11-14/h3-11,13H,12H2,1-2H3,(H,23,24). The smallest absolute Gasteiger partial charge is 0.183 e. The molecule has 0 radical (unpaired) electrons. The molecule has 1 N–H and O–H groups in total. The molecule has 0 bridgehead atoms. The van der Waals surface area contributed by atoms with E-state index in [1.165, 1.54) is 0 Å². The van der Waals surface area contributed by atoms with Gasteiger partial charge in [-0.05, 0) is 19.1 Å². The summed E-state index contributed by atoms with van der Waals surface area (Å²) in [6, 6.07) is 10.2. The van der Waals surface area contributed by atoms with Crippen LogP contribution in [0, 0.1) is 0 Å². The zero-order valence-electron chi connectivity index (χ0n) is 15.0. The molecule has 0 saturated carbocycles. The van der Waals surface area contributed by atoms with Crippen LogP contribution in [-0.2, 0) is 4.74 Å². The number of methoxy groups -OCH3 is 1. The fraction of sp³-hybridized carbons (Fsp3) is 0.200. The number of pyridine rings is 1. The summed E-state index contributed by atoms with van der Waals surface area (Å²) in [5, 5.41) is 4.95. The van der Waals surface area contributed by atoms with Gasteiger partial charge in [0, 0.05) is 59.7 Å². The van der Waals surface area contributed by atoms with Gasteiger partial charge in [-0.2, -0.15) is 0 Å². The minimum absolute atomic E-state index is 0.198. The molecule has 0 spiro atoms. The van der Waals surface area contributed by atoms with Crippen LogP contribution in [0.5, 0.6) is 0 Å². The summed E-state index contributed by atoms with van der Waals surface area (Å²) >= 11 is 8.06. The van der Waals surface area contributed by atoms with Crippen molar-refractivity contribution in [3.63, 3.8) is 0 Å². The second-order valence-electron chi connectivity index (χ2n) is 6.31. The molecule has 27 heavy (non-hydrogen) atoms. The lowest BCUT2D eigenvalue weighted by molar-refractivity contribution is 0.190. The largest absolute Gasteiger partial charge is 0.383 e. The summed E-state index contributed by atoms with van der Waals surface area (Å²) in [7, 11) is 1.70. The highest BCUT2D eigenvalue weighted by atomic mass is 35.5. The number of hydrogen-bond acceptors (Lipinski definition) is 5. The Labute approximate surface area is 166 Å². The van der Waals surface area contributed by atoms with Crippen LogP contribution >= 0.6 is 22.9 Å². The zero-order valence-corrected chi connectivity index (χ0v) is 16.6. The monoisotopic (exact) mass is 398 g/mol. The minimum atomic E-state index is 0.198. The lowest BCUT2D eigenvalue weighted by Gasteiger charge is -2.11. The van der Waals surface area contributed by atoms with E-state index in [1.807, 2.05) is 41.1 Å². The number of anilines is 1. The lowest BCUT2D eigenvalue weighted by atomic mass is 10.0. The molecule has 0 saturated heterocycles. The summed E-state index contributed by atoms with van der Waals surface area (Å²) in [6.45, 7) is 2.70. The Kier molecular flexibility index (Phi) is 5.11. The van der Waals surface area contributed by atoms with E-state index < -0.39 is 0 Å². The molecule has 0 aliphatic carbocycles. The van der Waals surface area contributed by atoms with Crippen molar-refractivity contribution in [2.45, 2.75) is 13.0 Å². The average Bonchev–Trinajstić information content (AvgIpc) is 3.30. The Bertz CT molecular complexity index is 1070. The maximum Gasteiger partial charge on any atom is 0.183 e. The highest BCUT2D eigenvalue weighted by molar-refractivity contribution is 7.18. The lowest BCUT2D eigenvalue weighted by Crippen LogP contribution is -2.20. The first-order valence-corrected chi connectivity index (χ1v) is 9.78. The molecule has 1 unspecified atom stereocenters. The summed E-state index contributed by atoms with van der Waals surface area (Å²) in [5.74, 6) is 0. The van der Waals surface area contributed by atoms with Crippen molar-refractivity contribution in [1.82, 2.24) is 14.4 Å². The van der Waals surface area contributed by atoms with Crippen LogP contribution in [0.3, 0.4) is 0 Å². The second kappa shape index (κ2) is 7.68. The predicted molar refractivity (Wildman–Crippen MR) is 112 cm³/mol. The number of benzene rings is 1. The Balaban J connectivity index is 1.76. The van der Waals surface area contributed by atoms with E-state index in [4.69, 9.17) is 16.3 Å². The van der Waals surface area contributed by atoms with Gasteiger partial charge < -0.3 is 14.5 Å². The molecule has 1 aromatic carbocycles. The molecular weight excluding hydrogens is 380 g/mol. The Hall–Kier alpha value is -2.41. The third-order valence-electron chi connectivity index (χ3n) is 4.23. The van der Waals surface area contributed by atoms with Crippen LogP contribution in [0.1, 0.15) is 6.92 Å². The second-order valence-corrected chi connectivity index (χ2v) is 7.75. The average molecular weight is 399 g/mol. The molecule has 3 heterocycles. The van der Waals surface area contributed by atoms with Gasteiger partial charge in [-0.25, -0.2) is 9.97 Å². The minimum Gasteiger partial charge on any atom is -0.383 e. The van der Waals surface area contributed by atoms with Gasteiger partial charge in [-0.15, -0.1) is 0 Å². The molecular formula is C20H19ClN4OS. The van der Waals surface area contributed by atoms with Gasteiger partial charge in [0.15, 0.2) is 5.13 Å². The first kappa shape index (κ1) is 18.0. The molecule has 0 amide bonds. The van der Waals surface area contributed by atoms with Crippen molar-refractivity contribution in [1.29, 1.82) is 0 Å². The Morgan fingerprint density at radius 1 is 1.26 bits per heavy atom. The summed E-state index contributed by atoms with van der Waals surface area (Å²) < 4.78 is 7.20. The molecule has 5 nitrogen and oxygen atoms in total. The van der Waals surface area contributed by atoms with E-state index in [0.29, 0.717) is 11.6 Å². The topological polar surface area (TPSA) is 51.5 Å². The summed E-state index contributed by atoms with van der Waals surface area (Å²) in [5.41, 5.74) is 3.91. The van der Waals surface area contributed by atoms with Crippen LogP contribution < -0.4 is 5.32 Å². The molecule has 3 aromatic heterocycles. The van der Waals surface area contributed by atoms with E-state index in [0.717, 1.165) is 32.3 Å². The SMILES string of the molecule is COCC(C)Nc1ncc(-c2cc(-c3ccccc3Cl)c3nccn3c2)s1. The number of ether oxygens (including phenoxy) is 1. The van der Waals surface area contributed by atoms with Crippen molar-refractivity contribution >= 4 is 33.7 Å². The first-order chi connectivity index (χ1) is 13.2. The van der Waals surface area contributed by atoms with E-state index >= 15 is 0 Å². The van der Waals surface area contributed by atoms with Gasteiger partial charge in [-0.3, -0.25) is 0 Å². The number of aromatic nitrogens is 3. The molecule has 1 atom stereocenters. The summed E-state index contributed by atoms with van der Waals surface area (Å²) in [6.07, 6.45) is 7.70. The van der Waals surface area contributed by atoms with Gasteiger partial charge in [0.2, 0.25) is 0 Å². The number of imidazole rings is 1. The van der Waals surface area contributed by atoms with E-state index in [-0.39, 0.29) is 6.04 Å². The van der Waals surface area contributed by atoms with E-state index in [1.54, 1.807) is 24.6 Å². The highest BCUT2D eigenvalue weighted by Gasteiger charge is 2.14. The number of halogens is 1. The third-order valence-corrected chi connectivity index (χ3v) is 5.54. The molecule has 7 heteroatoms. The number of nitrogens with zero attached hydrogens (tertiary/aromatic N) is 3. The van der Waals surface area contributed by atoms with Crippen LogP contribution in [0.25, 0.3) is 27.2 Å². The van der Waals surface area contributed by atoms with Crippen molar-refractivity contribution in [3.8, 4) is 21.6 Å². The fourth-order valence-electron chi connectivity index (χ4n) is 3.02. The maximum absolute atomic E-state index is 6.45. The van der Waals surface area contributed by atoms with Gasteiger partial charge in [-0.1, -0.05) is 41.1 Å². The fourth-order valence-corrected chi connectivity index (χ4v) is 4.17. The number of rotatable bonds is 6. The number of hydrogen-bond donors (Lipinski definition) is 1. The van der Waals surface area contributed by atoms with Gasteiger partial charge in [0.1, 0.15) is 5.65 Å². The number of fused-ring (bicyclic) bond motifs is 1. The first-order valence-electron chi connectivity index (χ1n) is 8.59. The van der Waals surface area contributed by atoms with Crippen molar-refractivity contribution in [2.75, 3.05) is 19.0 Å². The van der Waals surface area contributed by atoms with Crippen molar-refractivity contribution in [3.05, 3.63) is 60.1 Å². The molecule has 0 aliphatic rings. The van der Waals surface area contributed by atoms with Gasteiger partial charge >= 0.3 is 0 Å². The highest BCUT2D eigenvalue weighted by Crippen LogP contribution is 2.36. The molecule has 4 aromatic rings. The van der Waals surface area contributed by atoms with Crippen LogP contribution in [0.4, 0.5) is 5.13 Å². The number of nitrogens with one attached hydrogen (secondary N) is 1. The van der Waals surface area contributed by atoms with Gasteiger partial charge in [0.25, 0.3) is 0 Å². The molecule has 138 valence electrons. The Morgan fingerprint density at radius 3 is 2.93 bits per heavy atom. The van der Waals surface area contributed by atoms with Gasteiger partial charge in [0.05, 0.1) is 11.5 Å². The van der Waals surface area contributed by atoms with Crippen LogP contribution in [-0.4, -0.2) is 34.1 Å². The van der Waals surface area contributed by atoms with Crippen LogP contribution in [0.15, 0.2) is 55.1 Å². The van der Waals surface area contributed by atoms with Crippen LogP contribution in [0.2, 0.25) is 5.02 Å². The quantitative estimate of drug-likeness (QED) is 0.483. The Morgan fingerprint density at radius 2 is 2.11 bits per heavy atom. The maximum atomic E-state index is 6.45. The van der Waals surface area contributed by atoms with E-state index in [2.05, 4.69) is 34.5 Å². The van der Waals surface area contributed by atoms with E-state index in [9.17, 15) is 0 Å². The summed E-state index contributed by atoms with van der Waals surface area (Å²) in [4.78, 5) is 10.1.